The molecule has 4 rings (SSSR count). The van der Waals surface area contributed by atoms with Crippen LogP contribution in [0.3, 0.4) is 0 Å². The minimum atomic E-state index is -0.446. The molecule has 156 valence electrons. The van der Waals surface area contributed by atoms with Crippen LogP contribution in [0.4, 0.5) is 11.5 Å². The summed E-state index contributed by atoms with van der Waals surface area (Å²) >= 11 is 1.41. The first-order valence-electron chi connectivity index (χ1n) is 9.32. The Balaban J connectivity index is 1.66. The molecular formula is C19H20N6O4S. The predicted molar refractivity (Wildman–Crippen MR) is 113 cm³/mol. The fourth-order valence-corrected chi connectivity index (χ4v) is 3.89. The van der Waals surface area contributed by atoms with E-state index >= 15 is 0 Å². The van der Waals surface area contributed by atoms with Gasteiger partial charge in [0.05, 0.1) is 31.2 Å². The number of aryl methyl sites for hydroxylation is 1. The third kappa shape index (κ3) is 3.88. The van der Waals surface area contributed by atoms with Gasteiger partial charge in [0.2, 0.25) is 0 Å². The number of anilines is 1. The lowest BCUT2D eigenvalue weighted by atomic mass is 10.2. The van der Waals surface area contributed by atoms with Crippen molar-refractivity contribution in [2.75, 3.05) is 25.2 Å². The molecule has 1 aliphatic rings. The van der Waals surface area contributed by atoms with Crippen molar-refractivity contribution in [3.05, 3.63) is 52.7 Å². The van der Waals surface area contributed by atoms with Crippen molar-refractivity contribution in [1.29, 1.82) is 0 Å². The third-order valence-electron chi connectivity index (χ3n) is 4.63. The summed E-state index contributed by atoms with van der Waals surface area (Å²) in [6.45, 7) is 3.99. The minimum Gasteiger partial charge on any atom is -0.498 e. The van der Waals surface area contributed by atoms with Crippen LogP contribution in [0, 0.1) is 10.1 Å². The normalized spacial score (nSPS) is 13.5. The van der Waals surface area contributed by atoms with E-state index in [1.54, 1.807) is 24.7 Å². The SMILES string of the molecule is CCn1cnc2c(N3C=COCC3)nc(SCc3ccc(OC)c([N+](=O)[O-])c3)nc21. The van der Waals surface area contributed by atoms with Crippen LogP contribution < -0.4 is 9.64 Å². The first-order chi connectivity index (χ1) is 14.6. The zero-order valence-corrected chi connectivity index (χ0v) is 17.3. The van der Waals surface area contributed by atoms with Crippen LogP contribution in [-0.4, -0.2) is 44.7 Å². The average molecular weight is 428 g/mol. The average Bonchev–Trinajstić information content (AvgIpc) is 3.20. The Morgan fingerprint density at radius 1 is 1.37 bits per heavy atom. The Morgan fingerprint density at radius 3 is 2.93 bits per heavy atom. The first kappa shape index (κ1) is 20.0. The molecule has 0 N–H and O–H groups in total. The number of hydrogen-bond donors (Lipinski definition) is 0. The van der Waals surface area contributed by atoms with Gasteiger partial charge in [0.25, 0.3) is 0 Å². The number of benzene rings is 1. The number of methoxy groups -OCH3 is 1. The molecule has 30 heavy (non-hydrogen) atoms. The fourth-order valence-electron chi connectivity index (χ4n) is 3.11. The highest BCUT2D eigenvalue weighted by atomic mass is 32.2. The van der Waals surface area contributed by atoms with E-state index in [1.165, 1.54) is 24.9 Å². The topological polar surface area (TPSA) is 108 Å². The van der Waals surface area contributed by atoms with Gasteiger partial charge in [-0.3, -0.25) is 10.1 Å². The van der Waals surface area contributed by atoms with Crippen LogP contribution in [0.2, 0.25) is 0 Å². The molecule has 1 aromatic carbocycles. The second-order valence-corrected chi connectivity index (χ2v) is 7.38. The van der Waals surface area contributed by atoms with Crippen LogP contribution in [0.5, 0.6) is 5.75 Å². The summed E-state index contributed by atoms with van der Waals surface area (Å²) in [5, 5.41) is 11.9. The number of fused-ring (bicyclic) bond motifs is 1. The molecule has 0 spiro atoms. The van der Waals surface area contributed by atoms with Gasteiger partial charge in [-0.25, -0.2) is 15.0 Å². The summed E-state index contributed by atoms with van der Waals surface area (Å²) in [6, 6.07) is 4.93. The summed E-state index contributed by atoms with van der Waals surface area (Å²) in [7, 11) is 1.41. The number of nitrogens with zero attached hydrogens (tertiary/aromatic N) is 6. The highest BCUT2D eigenvalue weighted by Crippen LogP contribution is 2.32. The molecule has 11 heteroatoms. The minimum absolute atomic E-state index is 0.0600. The maximum absolute atomic E-state index is 11.3. The third-order valence-corrected chi connectivity index (χ3v) is 5.55. The van der Waals surface area contributed by atoms with E-state index in [-0.39, 0.29) is 11.4 Å². The van der Waals surface area contributed by atoms with Gasteiger partial charge in [0, 0.05) is 24.6 Å². The monoisotopic (exact) mass is 428 g/mol. The van der Waals surface area contributed by atoms with E-state index in [2.05, 4.69) is 9.97 Å². The van der Waals surface area contributed by atoms with Crippen LogP contribution >= 0.6 is 11.8 Å². The number of rotatable bonds is 7. The van der Waals surface area contributed by atoms with E-state index in [4.69, 9.17) is 14.5 Å². The van der Waals surface area contributed by atoms with Crippen molar-refractivity contribution in [3.8, 4) is 5.75 Å². The second-order valence-electron chi connectivity index (χ2n) is 6.43. The lowest BCUT2D eigenvalue weighted by Gasteiger charge is -2.22. The van der Waals surface area contributed by atoms with Crippen molar-refractivity contribution in [2.24, 2.45) is 0 Å². The highest BCUT2D eigenvalue weighted by molar-refractivity contribution is 7.98. The van der Waals surface area contributed by atoms with Crippen molar-refractivity contribution >= 4 is 34.4 Å². The van der Waals surface area contributed by atoms with E-state index in [9.17, 15) is 10.1 Å². The number of imidazole rings is 1. The molecule has 0 saturated heterocycles. The molecular weight excluding hydrogens is 408 g/mol. The number of nitro benzene ring substituents is 1. The molecule has 0 amide bonds. The van der Waals surface area contributed by atoms with Crippen molar-refractivity contribution in [3.63, 3.8) is 0 Å². The van der Waals surface area contributed by atoms with Crippen molar-refractivity contribution < 1.29 is 14.4 Å². The summed E-state index contributed by atoms with van der Waals surface area (Å²) in [5.41, 5.74) is 2.21. The quantitative estimate of drug-likeness (QED) is 0.242. The standard InChI is InChI=1S/C19H20N6O4S/c1-3-23-12-20-16-17(23)21-19(22-18(16)24-6-8-29-9-7-24)30-11-13-4-5-15(28-2)14(10-13)25(26)27/h4-6,8,10,12H,3,7,9,11H2,1-2H3. The molecule has 0 aliphatic carbocycles. The molecule has 0 atom stereocenters. The Hall–Kier alpha value is -3.34. The van der Waals surface area contributed by atoms with E-state index in [0.717, 1.165) is 29.1 Å². The Bertz CT molecular complexity index is 1120. The highest BCUT2D eigenvalue weighted by Gasteiger charge is 2.20. The second kappa shape index (κ2) is 8.57. The predicted octanol–water partition coefficient (Wildman–Crippen LogP) is 3.36. The number of hydrogen-bond acceptors (Lipinski definition) is 9. The summed E-state index contributed by atoms with van der Waals surface area (Å²) in [6.07, 6.45) is 5.23. The number of nitro groups is 1. The summed E-state index contributed by atoms with van der Waals surface area (Å²) in [4.78, 5) is 26.7. The molecule has 0 fully saturated rings. The van der Waals surface area contributed by atoms with Gasteiger partial charge >= 0.3 is 5.69 Å². The van der Waals surface area contributed by atoms with Gasteiger partial charge in [0.1, 0.15) is 6.61 Å². The van der Waals surface area contributed by atoms with E-state index in [1.807, 2.05) is 22.6 Å². The molecule has 0 bridgehead atoms. The van der Waals surface area contributed by atoms with Gasteiger partial charge in [-0.15, -0.1) is 0 Å². The van der Waals surface area contributed by atoms with E-state index in [0.29, 0.717) is 24.1 Å². The lowest BCUT2D eigenvalue weighted by Crippen LogP contribution is -2.25. The lowest BCUT2D eigenvalue weighted by molar-refractivity contribution is -0.385. The zero-order chi connectivity index (χ0) is 21.1. The maximum Gasteiger partial charge on any atom is 0.311 e. The molecule has 10 nitrogen and oxygen atoms in total. The maximum atomic E-state index is 11.3. The van der Waals surface area contributed by atoms with Crippen LogP contribution in [-0.2, 0) is 17.0 Å². The van der Waals surface area contributed by atoms with Gasteiger partial charge in [0.15, 0.2) is 27.9 Å². The molecule has 3 heterocycles. The van der Waals surface area contributed by atoms with Crippen LogP contribution in [0.25, 0.3) is 11.2 Å². The summed E-state index contributed by atoms with van der Waals surface area (Å²) < 4.78 is 12.3. The molecule has 0 radical (unpaired) electrons. The molecule has 0 saturated carbocycles. The zero-order valence-electron chi connectivity index (χ0n) is 16.5. The number of aromatic nitrogens is 4. The van der Waals surface area contributed by atoms with Gasteiger partial charge in [-0.1, -0.05) is 17.8 Å². The number of thioether (sulfide) groups is 1. The van der Waals surface area contributed by atoms with Crippen molar-refractivity contribution in [2.45, 2.75) is 24.4 Å². The molecule has 3 aromatic rings. The smallest absolute Gasteiger partial charge is 0.311 e. The van der Waals surface area contributed by atoms with Gasteiger partial charge in [-0.2, -0.15) is 0 Å². The Morgan fingerprint density at radius 2 is 2.23 bits per heavy atom. The molecule has 2 aromatic heterocycles. The molecule has 0 unspecified atom stereocenters. The van der Waals surface area contributed by atoms with Crippen molar-refractivity contribution in [1.82, 2.24) is 19.5 Å². The molecule has 1 aliphatic heterocycles. The number of ether oxygens (including phenoxy) is 2. The summed E-state index contributed by atoms with van der Waals surface area (Å²) in [5.74, 6) is 1.43. The van der Waals surface area contributed by atoms with Gasteiger partial charge in [-0.05, 0) is 18.6 Å². The van der Waals surface area contributed by atoms with E-state index < -0.39 is 4.92 Å². The first-order valence-corrected chi connectivity index (χ1v) is 10.3. The fraction of sp³-hybridized carbons (Fsp3) is 0.316. The van der Waals surface area contributed by atoms with Gasteiger partial charge < -0.3 is 18.9 Å². The largest absolute Gasteiger partial charge is 0.498 e. The van der Waals surface area contributed by atoms with Crippen LogP contribution in [0.1, 0.15) is 12.5 Å². The van der Waals surface area contributed by atoms with Crippen LogP contribution in [0.15, 0.2) is 42.1 Å². The Kier molecular flexibility index (Phi) is 5.70. The Labute approximate surface area is 176 Å².